The van der Waals surface area contributed by atoms with E-state index in [1.165, 1.54) is 12.8 Å². The predicted octanol–water partition coefficient (Wildman–Crippen LogP) is 2.69. The van der Waals surface area contributed by atoms with Crippen LogP contribution in [0.4, 0.5) is 0 Å². The van der Waals surface area contributed by atoms with Gasteiger partial charge in [-0.3, -0.25) is 0 Å². The van der Waals surface area contributed by atoms with Crippen molar-refractivity contribution >= 4 is 0 Å². The van der Waals surface area contributed by atoms with Gasteiger partial charge in [0.1, 0.15) is 0 Å². The lowest BCUT2D eigenvalue weighted by atomic mass is 9.32. The van der Waals surface area contributed by atoms with E-state index >= 15 is 0 Å². The average molecular weight is 124 g/mol. The summed E-state index contributed by atoms with van der Waals surface area (Å²) in [5.41, 5.74) is 0.791. The quantitative estimate of drug-likeness (QED) is 0.504. The molecule has 0 aromatic rings. The van der Waals surface area contributed by atoms with Crippen molar-refractivity contribution in [2.24, 2.45) is 23.2 Å². The number of hydrogen-bond donors (Lipinski definition) is 0. The highest BCUT2D eigenvalue weighted by Crippen LogP contribution is 2.73. The zero-order valence-corrected chi connectivity index (χ0v) is 6.65. The predicted molar refractivity (Wildman–Crippen MR) is 39.2 cm³/mol. The van der Waals surface area contributed by atoms with Crippen LogP contribution in [0.1, 0.15) is 33.6 Å². The summed E-state index contributed by atoms with van der Waals surface area (Å²) < 4.78 is 0. The van der Waals surface area contributed by atoms with Gasteiger partial charge in [-0.1, -0.05) is 27.2 Å². The summed E-state index contributed by atoms with van der Waals surface area (Å²) in [5, 5.41) is 0. The first kappa shape index (κ1) is 5.76. The fourth-order valence-electron chi connectivity index (χ4n) is 3.16. The van der Waals surface area contributed by atoms with Gasteiger partial charge in [0.2, 0.25) is 0 Å². The second kappa shape index (κ2) is 1.36. The van der Waals surface area contributed by atoms with Crippen molar-refractivity contribution in [3.8, 4) is 0 Å². The summed E-state index contributed by atoms with van der Waals surface area (Å²) in [6.45, 7) is 7.22. The molecule has 0 nitrogen and oxygen atoms in total. The van der Waals surface area contributed by atoms with Gasteiger partial charge in [-0.25, -0.2) is 0 Å². The Morgan fingerprint density at radius 2 is 2.22 bits per heavy atom. The van der Waals surface area contributed by atoms with Crippen LogP contribution in [0.5, 0.6) is 0 Å². The molecule has 3 rings (SSSR count). The highest BCUT2D eigenvalue weighted by molar-refractivity contribution is 5.14. The highest BCUT2D eigenvalue weighted by atomic mass is 14.7. The lowest BCUT2D eigenvalue weighted by Gasteiger charge is -2.72. The first-order chi connectivity index (χ1) is 4.20. The third kappa shape index (κ3) is 0.395. The fraction of sp³-hybridized carbons (Fsp3) is 1.00. The molecule has 9 heavy (non-hydrogen) atoms. The summed E-state index contributed by atoms with van der Waals surface area (Å²) in [7, 11) is 0. The summed E-state index contributed by atoms with van der Waals surface area (Å²) in [6, 6.07) is 0. The molecule has 4 atom stereocenters. The van der Waals surface area contributed by atoms with Crippen LogP contribution in [0.3, 0.4) is 0 Å². The molecule has 0 spiro atoms. The van der Waals surface area contributed by atoms with Gasteiger partial charge in [-0.2, -0.15) is 0 Å². The van der Waals surface area contributed by atoms with Crippen LogP contribution in [0.2, 0.25) is 0 Å². The van der Waals surface area contributed by atoms with Crippen LogP contribution in [-0.2, 0) is 0 Å². The standard InChI is InChI=1S/C9H16/c1-4-8-7-5-9(8,3)6(7)2/h6-8H,4-5H2,1-3H3. The Morgan fingerprint density at radius 1 is 1.56 bits per heavy atom. The Balaban J connectivity index is 2.08. The van der Waals surface area contributed by atoms with Crippen molar-refractivity contribution in [3.05, 3.63) is 0 Å². The van der Waals surface area contributed by atoms with E-state index in [0.717, 1.165) is 23.2 Å². The van der Waals surface area contributed by atoms with Crippen LogP contribution in [0, 0.1) is 23.2 Å². The van der Waals surface area contributed by atoms with Gasteiger partial charge in [0.05, 0.1) is 0 Å². The maximum absolute atomic E-state index is 2.46. The topological polar surface area (TPSA) is 0 Å². The minimum absolute atomic E-state index is 0.791. The molecule has 0 heteroatoms. The maximum Gasteiger partial charge on any atom is -0.0264 e. The van der Waals surface area contributed by atoms with Crippen LogP contribution < -0.4 is 0 Å². The summed E-state index contributed by atoms with van der Waals surface area (Å²) in [5.74, 6) is 3.29. The van der Waals surface area contributed by atoms with E-state index in [1.54, 1.807) is 0 Å². The highest BCUT2D eigenvalue weighted by Gasteiger charge is 2.66. The van der Waals surface area contributed by atoms with Gasteiger partial charge in [0, 0.05) is 0 Å². The Kier molecular flexibility index (Phi) is 0.868. The molecule has 3 saturated carbocycles. The van der Waals surface area contributed by atoms with E-state index in [-0.39, 0.29) is 0 Å². The van der Waals surface area contributed by atoms with Crippen molar-refractivity contribution < 1.29 is 0 Å². The van der Waals surface area contributed by atoms with Gasteiger partial charge in [0.15, 0.2) is 0 Å². The first-order valence-corrected chi connectivity index (χ1v) is 4.20. The molecule has 0 aromatic carbocycles. The number of hydrogen-bond acceptors (Lipinski definition) is 0. The molecule has 0 heterocycles. The van der Waals surface area contributed by atoms with E-state index in [4.69, 9.17) is 0 Å². The van der Waals surface area contributed by atoms with Crippen LogP contribution in [0.25, 0.3) is 0 Å². The third-order valence-electron chi connectivity index (χ3n) is 4.16. The molecule has 3 aliphatic rings. The Bertz CT molecular complexity index is 139. The molecule has 52 valence electrons. The molecule has 0 aromatic heterocycles. The van der Waals surface area contributed by atoms with Crippen molar-refractivity contribution in [2.45, 2.75) is 33.6 Å². The molecule has 3 fully saturated rings. The van der Waals surface area contributed by atoms with Gasteiger partial charge >= 0.3 is 0 Å². The fourth-order valence-corrected chi connectivity index (χ4v) is 3.16. The second-order valence-electron chi connectivity index (χ2n) is 4.18. The second-order valence-corrected chi connectivity index (χ2v) is 4.18. The minimum atomic E-state index is 0.791. The molecule has 0 amide bonds. The van der Waals surface area contributed by atoms with Crippen molar-refractivity contribution in [1.29, 1.82) is 0 Å². The van der Waals surface area contributed by atoms with Crippen LogP contribution in [0.15, 0.2) is 0 Å². The van der Waals surface area contributed by atoms with Crippen molar-refractivity contribution in [2.75, 3.05) is 0 Å². The van der Waals surface area contributed by atoms with Crippen molar-refractivity contribution in [3.63, 3.8) is 0 Å². The van der Waals surface area contributed by atoms with E-state index in [2.05, 4.69) is 20.8 Å². The molecule has 4 unspecified atom stereocenters. The zero-order valence-electron chi connectivity index (χ0n) is 6.65. The third-order valence-corrected chi connectivity index (χ3v) is 4.16. The molecule has 0 aliphatic heterocycles. The lowest BCUT2D eigenvalue weighted by molar-refractivity contribution is -0.241. The Labute approximate surface area is 57.6 Å². The number of rotatable bonds is 1. The molecule has 0 saturated heterocycles. The minimum Gasteiger partial charge on any atom is -0.0651 e. The van der Waals surface area contributed by atoms with Gasteiger partial charge in [-0.15, -0.1) is 0 Å². The van der Waals surface area contributed by atoms with E-state index < -0.39 is 0 Å². The van der Waals surface area contributed by atoms with Crippen LogP contribution in [-0.4, -0.2) is 0 Å². The maximum atomic E-state index is 2.46. The van der Waals surface area contributed by atoms with Gasteiger partial charge < -0.3 is 0 Å². The molecule has 3 aliphatic carbocycles. The molecular formula is C9H16. The largest absolute Gasteiger partial charge is 0.0651 e. The monoisotopic (exact) mass is 124 g/mol. The Hall–Kier alpha value is 0. The molecular weight excluding hydrogens is 108 g/mol. The molecule has 0 radical (unpaired) electrons. The molecule has 0 N–H and O–H groups in total. The van der Waals surface area contributed by atoms with E-state index in [1.807, 2.05) is 0 Å². The van der Waals surface area contributed by atoms with E-state index in [0.29, 0.717) is 0 Å². The molecule has 2 bridgehead atoms. The first-order valence-electron chi connectivity index (χ1n) is 4.20. The zero-order chi connectivity index (χ0) is 6.65. The Morgan fingerprint density at radius 3 is 2.33 bits per heavy atom. The van der Waals surface area contributed by atoms with Gasteiger partial charge in [0.25, 0.3) is 0 Å². The normalized spacial score (nSPS) is 62.3. The summed E-state index contributed by atoms with van der Waals surface area (Å²) in [4.78, 5) is 0. The van der Waals surface area contributed by atoms with Crippen LogP contribution >= 0.6 is 0 Å². The lowest BCUT2D eigenvalue weighted by Crippen LogP contribution is -2.66. The van der Waals surface area contributed by atoms with Gasteiger partial charge in [-0.05, 0) is 29.6 Å². The van der Waals surface area contributed by atoms with E-state index in [9.17, 15) is 0 Å². The van der Waals surface area contributed by atoms with Crippen molar-refractivity contribution in [1.82, 2.24) is 0 Å². The SMILES string of the molecule is CCC1C2CC1(C)C2C. The summed E-state index contributed by atoms with van der Waals surface area (Å²) >= 11 is 0. The smallest absolute Gasteiger partial charge is 0.0264 e. The summed E-state index contributed by atoms with van der Waals surface area (Å²) in [6.07, 6.45) is 2.96. The average Bonchev–Trinajstić information content (AvgIpc) is 1.86.